The molecule has 2 N–H and O–H groups in total. The van der Waals surface area contributed by atoms with Crippen molar-refractivity contribution in [2.75, 3.05) is 0 Å². The Balaban J connectivity index is 1.47. The van der Waals surface area contributed by atoms with Crippen LogP contribution in [0.5, 0.6) is 0 Å². The van der Waals surface area contributed by atoms with Crippen LogP contribution in [0.25, 0.3) is 11.3 Å². The highest BCUT2D eigenvalue weighted by molar-refractivity contribution is 6.17. The molecule has 10 heteroatoms. The molecule has 1 saturated carbocycles. The molecule has 1 atom stereocenters. The summed E-state index contributed by atoms with van der Waals surface area (Å²) in [6.07, 6.45) is 3.57. The van der Waals surface area contributed by atoms with Crippen molar-refractivity contribution in [2.24, 2.45) is 9.98 Å². The second kappa shape index (κ2) is 11.1. The van der Waals surface area contributed by atoms with E-state index in [-0.39, 0.29) is 5.84 Å². The smallest absolute Gasteiger partial charge is 0.444 e. The lowest BCUT2D eigenvalue weighted by atomic mass is 9.71. The number of nitrogens with one attached hydrogen (secondary N) is 2. The minimum atomic E-state index is -5.02. The van der Waals surface area contributed by atoms with Crippen LogP contribution in [0.1, 0.15) is 56.7 Å². The average molecular weight is 577 g/mol. The number of amidine groups is 1. The Hall–Kier alpha value is -4.47. The molecule has 1 fully saturated rings. The number of benzene rings is 2. The molecule has 2 aromatic rings. The number of carbonyl (C=O) groups excluding carboxylic acids is 2. The number of allylic oxidation sites excluding steroid dienone is 2. The van der Waals surface area contributed by atoms with Gasteiger partial charge in [-0.25, -0.2) is 9.79 Å². The van der Waals surface area contributed by atoms with E-state index < -0.39 is 35.4 Å². The second-order valence-corrected chi connectivity index (χ2v) is 11.4. The summed E-state index contributed by atoms with van der Waals surface area (Å²) in [4.78, 5) is 33.2. The van der Waals surface area contributed by atoms with E-state index in [1.165, 1.54) is 6.08 Å². The number of aliphatic imine (C=N–C) groups is 2. The normalized spacial score (nSPS) is 19.5. The van der Waals surface area contributed by atoms with Crippen LogP contribution in [0.2, 0.25) is 0 Å². The quantitative estimate of drug-likeness (QED) is 0.436. The molecule has 2 heterocycles. The lowest BCUT2D eigenvalue weighted by Crippen LogP contribution is -2.52. The number of hydrogen-bond acceptors (Lipinski definition) is 5. The Morgan fingerprint density at radius 3 is 2.21 bits per heavy atom. The largest absolute Gasteiger partial charge is 0.471 e. The number of halogens is 3. The second-order valence-electron chi connectivity index (χ2n) is 11.4. The monoisotopic (exact) mass is 576 g/mol. The maximum atomic E-state index is 12.8. The van der Waals surface area contributed by atoms with Gasteiger partial charge >= 0.3 is 18.2 Å². The third-order valence-electron chi connectivity index (χ3n) is 7.18. The van der Waals surface area contributed by atoms with Gasteiger partial charge in [-0.05, 0) is 63.3 Å². The van der Waals surface area contributed by atoms with Gasteiger partial charge in [0.05, 0.1) is 16.9 Å². The van der Waals surface area contributed by atoms with Gasteiger partial charge in [-0.15, -0.1) is 0 Å². The molecule has 1 aliphatic carbocycles. The molecule has 7 nitrogen and oxygen atoms in total. The molecule has 0 spiro atoms. The topological polar surface area (TPSA) is 92.1 Å². The SMILES string of the molecule is CC(C)(C)OC(=O)NC1(c2ccc(C3=C(c4ccccc4)C=CC4N=C(NC(=O)C(F)(F)F)C=CC4=N3)cc2)CCC1. The lowest BCUT2D eigenvalue weighted by molar-refractivity contribution is -0.171. The Morgan fingerprint density at radius 2 is 1.62 bits per heavy atom. The highest BCUT2D eigenvalue weighted by atomic mass is 19.4. The number of nitrogens with zero attached hydrogens (tertiary/aromatic N) is 2. The molecule has 2 amide bonds. The number of carbonyl (C=O) groups is 2. The minimum Gasteiger partial charge on any atom is -0.444 e. The molecule has 0 saturated heterocycles. The number of rotatable bonds is 4. The average Bonchev–Trinajstić information content (AvgIpc) is 3.09. The summed E-state index contributed by atoms with van der Waals surface area (Å²) in [5.41, 5.74) is 3.55. The zero-order valence-corrected chi connectivity index (χ0v) is 23.5. The van der Waals surface area contributed by atoms with E-state index in [1.807, 2.05) is 86.8 Å². The number of ether oxygens (including phenoxy) is 1. The fraction of sp³-hybridized carbons (Fsp3) is 0.312. The highest BCUT2D eigenvalue weighted by Gasteiger charge is 2.41. The van der Waals surface area contributed by atoms with Crippen LogP contribution in [0.3, 0.4) is 0 Å². The highest BCUT2D eigenvalue weighted by Crippen LogP contribution is 2.42. The van der Waals surface area contributed by atoms with E-state index in [0.717, 1.165) is 41.5 Å². The van der Waals surface area contributed by atoms with Crippen molar-refractivity contribution in [1.82, 2.24) is 10.6 Å². The minimum absolute atomic E-state index is 0.191. The molecule has 2 aliphatic heterocycles. The van der Waals surface area contributed by atoms with Crippen LogP contribution in [0.15, 0.2) is 88.9 Å². The van der Waals surface area contributed by atoms with Crippen molar-refractivity contribution in [2.45, 2.75) is 63.4 Å². The molecule has 0 bridgehead atoms. The Kier molecular flexibility index (Phi) is 7.66. The third-order valence-corrected chi connectivity index (χ3v) is 7.18. The van der Waals surface area contributed by atoms with E-state index in [4.69, 9.17) is 9.73 Å². The van der Waals surface area contributed by atoms with E-state index in [9.17, 15) is 22.8 Å². The number of alkyl halides is 3. The fourth-order valence-corrected chi connectivity index (χ4v) is 5.02. The number of amides is 2. The molecule has 5 rings (SSSR count). The summed E-state index contributed by atoms with van der Waals surface area (Å²) in [6, 6.07) is 16.8. The van der Waals surface area contributed by atoms with Crippen LogP contribution in [0.4, 0.5) is 18.0 Å². The summed E-state index contributed by atoms with van der Waals surface area (Å²) in [5.74, 6) is -2.28. The van der Waals surface area contributed by atoms with Gasteiger partial charge in [0, 0.05) is 11.1 Å². The molecule has 2 aromatic carbocycles. The first-order valence-electron chi connectivity index (χ1n) is 13.7. The predicted molar refractivity (Wildman–Crippen MR) is 156 cm³/mol. The first kappa shape index (κ1) is 29.0. The summed E-state index contributed by atoms with van der Waals surface area (Å²) in [5, 5.41) is 4.89. The van der Waals surface area contributed by atoms with Crippen molar-refractivity contribution in [3.05, 3.63) is 95.6 Å². The van der Waals surface area contributed by atoms with E-state index >= 15 is 0 Å². The van der Waals surface area contributed by atoms with Crippen molar-refractivity contribution < 1.29 is 27.5 Å². The standard InChI is InChI=1S/C32H31F3N4O3/c1-30(2,3)42-29(41)39-31(18-7-19-31)22-12-10-21(11-13-22)27-23(20-8-5-4-6-9-20)14-15-24-25(37-27)16-17-26(36-24)38-28(40)32(33,34)35/h4-6,8-17,24H,7,18-19H2,1-3H3,(H,39,41)(H,36,38,40). The van der Waals surface area contributed by atoms with Gasteiger partial charge in [-0.3, -0.25) is 9.79 Å². The molecule has 3 aliphatic rings. The van der Waals surface area contributed by atoms with Crippen molar-refractivity contribution in [1.29, 1.82) is 0 Å². The maximum Gasteiger partial charge on any atom is 0.471 e. The van der Waals surface area contributed by atoms with Gasteiger partial charge in [-0.1, -0.05) is 66.7 Å². The van der Waals surface area contributed by atoms with Crippen molar-refractivity contribution in [3.63, 3.8) is 0 Å². The number of dihydropyridines is 1. The summed E-state index contributed by atoms with van der Waals surface area (Å²) < 4.78 is 43.8. The Labute approximate surface area is 242 Å². The van der Waals surface area contributed by atoms with Crippen molar-refractivity contribution >= 4 is 34.8 Å². The number of fused-ring (bicyclic) bond motifs is 1. The van der Waals surface area contributed by atoms with Crippen LogP contribution < -0.4 is 10.6 Å². The molecule has 218 valence electrons. The van der Waals surface area contributed by atoms with E-state index in [0.29, 0.717) is 11.4 Å². The first-order chi connectivity index (χ1) is 19.8. The number of hydrogen-bond donors (Lipinski definition) is 2. The Morgan fingerprint density at radius 1 is 0.929 bits per heavy atom. The maximum absolute atomic E-state index is 12.8. The summed E-state index contributed by atoms with van der Waals surface area (Å²) in [6.45, 7) is 5.48. The molecule has 42 heavy (non-hydrogen) atoms. The molecular weight excluding hydrogens is 545 g/mol. The molecular formula is C32H31F3N4O3. The molecule has 0 aromatic heterocycles. The lowest BCUT2D eigenvalue weighted by Gasteiger charge is -2.43. The van der Waals surface area contributed by atoms with Gasteiger partial charge in [-0.2, -0.15) is 13.2 Å². The van der Waals surface area contributed by atoms with Gasteiger partial charge in [0.25, 0.3) is 0 Å². The van der Waals surface area contributed by atoms with Gasteiger partial charge in [0.1, 0.15) is 17.5 Å². The number of alkyl carbamates (subject to hydrolysis) is 1. The van der Waals surface area contributed by atoms with Gasteiger partial charge in [0.2, 0.25) is 0 Å². The van der Waals surface area contributed by atoms with Crippen LogP contribution in [0, 0.1) is 0 Å². The summed E-state index contributed by atoms with van der Waals surface area (Å²) >= 11 is 0. The van der Waals surface area contributed by atoms with E-state index in [1.54, 1.807) is 12.2 Å². The zero-order valence-electron chi connectivity index (χ0n) is 23.5. The summed E-state index contributed by atoms with van der Waals surface area (Å²) in [7, 11) is 0. The van der Waals surface area contributed by atoms with Crippen LogP contribution >= 0.6 is 0 Å². The predicted octanol–water partition coefficient (Wildman–Crippen LogP) is 6.49. The Bertz CT molecular complexity index is 1530. The van der Waals surface area contributed by atoms with Gasteiger partial charge in [0.15, 0.2) is 0 Å². The first-order valence-corrected chi connectivity index (χ1v) is 13.7. The van der Waals surface area contributed by atoms with Crippen LogP contribution in [-0.2, 0) is 15.1 Å². The fourth-order valence-electron chi connectivity index (χ4n) is 5.02. The van der Waals surface area contributed by atoms with Gasteiger partial charge < -0.3 is 15.4 Å². The molecule has 1 unspecified atom stereocenters. The zero-order chi connectivity index (χ0) is 30.1. The third kappa shape index (κ3) is 6.37. The molecule has 0 radical (unpaired) electrons. The van der Waals surface area contributed by atoms with E-state index in [2.05, 4.69) is 10.3 Å². The van der Waals surface area contributed by atoms with Crippen LogP contribution in [-0.4, -0.2) is 41.4 Å². The van der Waals surface area contributed by atoms with Crippen molar-refractivity contribution in [3.8, 4) is 0 Å².